The minimum Gasteiger partial charge on any atom is -0.338 e. The Morgan fingerprint density at radius 1 is 1.53 bits per heavy atom. The molecular formula is C11H19N3O. The third-order valence-corrected chi connectivity index (χ3v) is 2.95. The highest BCUT2D eigenvalue weighted by atomic mass is 16.2. The fraction of sp³-hybridized carbons (Fsp3) is 0.818. The van der Waals surface area contributed by atoms with E-state index in [1.165, 1.54) is 0 Å². The molecule has 0 aromatic heterocycles. The summed E-state index contributed by atoms with van der Waals surface area (Å²) in [5.74, 6) is 0. The molecule has 4 nitrogen and oxygen atoms in total. The molecule has 4 heteroatoms. The van der Waals surface area contributed by atoms with Crippen molar-refractivity contribution in [2.24, 2.45) is 5.41 Å². The van der Waals surface area contributed by atoms with E-state index >= 15 is 0 Å². The summed E-state index contributed by atoms with van der Waals surface area (Å²) in [6.07, 6.45) is 2.52. The van der Waals surface area contributed by atoms with E-state index < -0.39 is 0 Å². The van der Waals surface area contributed by atoms with Crippen LogP contribution >= 0.6 is 0 Å². The summed E-state index contributed by atoms with van der Waals surface area (Å²) >= 11 is 0. The fourth-order valence-corrected chi connectivity index (χ4v) is 1.66. The Morgan fingerprint density at radius 2 is 2.13 bits per heavy atom. The van der Waals surface area contributed by atoms with Crippen LogP contribution in [-0.2, 0) is 0 Å². The van der Waals surface area contributed by atoms with Crippen molar-refractivity contribution >= 4 is 6.03 Å². The Labute approximate surface area is 91.2 Å². The van der Waals surface area contributed by atoms with Crippen molar-refractivity contribution in [3.8, 4) is 6.07 Å². The number of nitriles is 1. The van der Waals surface area contributed by atoms with Gasteiger partial charge in [0.2, 0.25) is 0 Å². The number of piperidine rings is 1. The maximum absolute atomic E-state index is 11.6. The molecule has 84 valence electrons. The summed E-state index contributed by atoms with van der Waals surface area (Å²) in [5.41, 5.74) is -0.235. The van der Waals surface area contributed by atoms with Gasteiger partial charge >= 0.3 is 6.03 Å². The van der Waals surface area contributed by atoms with Gasteiger partial charge in [-0.1, -0.05) is 6.92 Å². The molecule has 0 aromatic rings. The molecule has 1 rings (SSSR count). The molecule has 1 fully saturated rings. The Bertz CT molecular complexity index is 261. The van der Waals surface area contributed by atoms with Crippen LogP contribution < -0.4 is 5.32 Å². The number of nitrogens with one attached hydrogen (secondary N) is 1. The maximum Gasteiger partial charge on any atom is 0.317 e. The second-order valence-electron chi connectivity index (χ2n) is 4.39. The first kappa shape index (κ1) is 11.8. The minimum absolute atomic E-state index is 0.0110. The first-order chi connectivity index (χ1) is 7.11. The number of rotatable bonds is 2. The predicted octanol–water partition coefficient (Wildman–Crippen LogP) is 1.73. The van der Waals surface area contributed by atoms with Gasteiger partial charge in [0, 0.05) is 19.6 Å². The summed E-state index contributed by atoms with van der Waals surface area (Å²) in [5, 5.41) is 11.8. The SMILES string of the molecule is CCCNC(=O)N1CCC(C)(C#N)CC1. The second kappa shape index (κ2) is 5.01. The molecule has 0 atom stereocenters. The third-order valence-electron chi connectivity index (χ3n) is 2.95. The zero-order valence-corrected chi connectivity index (χ0v) is 9.55. The number of carbonyl (C=O) groups is 1. The highest BCUT2D eigenvalue weighted by molar-refractivity contribution is 5.74. The van der Waals surface area contributed by atoms with E-state index in [1.54, 1.807) is 4.90 Å². The smallest absolute Gasteiger partial charge is 0.317 e. The van der Waals surface area contributed by atoms with Gasteiger partial charge < -0.3 is 10.2 Å². The van der Waals surface area contributed by atoms with E-state index in [2.05, 4.69) is 11.4 Å². The van der Waals surface area contributed by atoms with Gasteiger partial charge in [0.15, 0.2) is 0 Å². The Hall–Kier alpha value is -1.24. The number of urea groups is 1. The van der Waals surface area contributed by atoms with E-state index in [4.69, 9.17) is 5.26 Å². The second-order valence-corrected chi connectivity index (χ2v) is 4.39. The molecular weight excluding hydrogens is 190 g/mol. The Kier molecular flexibility index (Phi) is 3.96. The normalized spacial score (nSPS) is 19.4. The largest absolute Gasteiger partial charge is 0.338 e. The van der Waals surface area contributed by atoms with Gasteiger partial charge in [0.25, 0.3) is 0 Å². The lowest BCUT2D eigenvalue weighted by Crippen LogP contribution is -2.46. The molecule has 1 aliphatic rings. The maximum atomic E-state index is 11.6. The molecule has 0 unspecified atom stereocenters. The van der Waals surface area contributed by atoms with E-state index in [-0.39, 0.29) is 11.4 Å². The average molecular weight is 209 g/mol. The number of hydrogen-bond acceptors (Lipinski definition) is 2. The van der Waals surface area contributed by atoms with Gasteiger partial charge in [-0.25, -0.2) is 4.79 Å². The first-order valence-corrected chi connectivity index (χ1v) is 5.55. The van der Waals surface area contributed by atoms with Gasteiger partial charge in [-0.05, 0) is 26.2 Å². The molecule has 0 bridgehead atoms. The van der Waals surface area contributed by atoms with Crippen LogP contribution in [0.2, 0.25) is 0 Å². The summed E-state index contributed by atoms with van der Waals surface area (Å²) in [7, 11) is 0. The van der Waals surface area contributed by atoms with Crippen molar-refractivity contribution in [3.63, 3.8) is 0 Å². The van der Waals surface area contributed by atoms with Gasteiger partial charge in [-0.15, -0.1) is 0 Å². The van der Waals surface area contributed by atoms with E-state index in [1.807, 2.05) is 13.8 Å². The molecule has 2 amide bonds. The molecule has 15 heavy (non-hydrogen) atoms. The standard InChI is InChI=1S/C11H19N3O/c1-3-6-13-10(15)14-7-4-11(2,9-12)5-8-14/h3-8H2,1-2H3,(H,13,15). The molecule has 1 aliphatic heterocycles. The average Bonchev–Trinajstić information content (AvgIpc) is 2.27. The Morgan fingerprint density at radius 3 is 2.60 bits per heavy atom. The van der Waals surface area contributed by atoms with Crippen molar-refractivity contribution in [1.82, 2.24) is 10.2 Å². The number of nitrogens with zero attached hydrogens (tertiary/aromatic N) is 2. The van der Waals surface area contributed by atoms with Crippen LogP contribution in [0.1, 0.15) is 33.1 Å². The van der Waals surface area contributed by atoms with Crippen LogP contribution in [-0.4, -0.2) is 30.6 Å². The van der Waals surface area contributed by atoms with E-state index in [0.29, 0.717) is 13.1 Å². The van der Waals surface area contributed by atoms with E-state index in [0.717, 1.165) is 25.8 Å². The van der Waals surface area contributed by atoms with Gasteiger partial charge in [0.1, 0.15) is 0 Å². The molecule has 1 N–H and O–H groups in total. The molecule has 0 aromatic carbocycles. The van der Waals surface area contributed by atoms with Crippen molar-refractivity contribution in [1.29, 1.82) is 5.26 Å². The van der Waals surface area contributed by atoms with Crippen LogP contribution in [0.15, 0.2) is 0 Å². The summed E-state index contributed by atoms with van der Waals surface area (Å²) in [6, 6.07) is 2.34. The zero-order valence-electron chi connectivity index (χ0n) is 9.55. The quantitative estimate of drug-likeness (QED) is 0.753. The van der Waals surface area contributed by atoms with Crippen molar-refractivity contribution in [2.75, 3.05) is 19.6 Å². The topological polar surface area (TPSA) is 56.1 Å². The summed E-state index contributed by atoms with van der Waals surface area (Å²) < 4.78 is 0. The van der Waals surface area contributed by atoms with Crippen LogP contribution in [0.3, 0.4) is 0 Å². The number of amides is 2. The molecule has 0 radical (unpaired) electrons. The highest BCUT2D eigenvalue weighted by Crippen LogP contribution is 2.29. The molecule has 1 heterocycles. The minimum atomic E-state index is -0.235. The predicted molar refractivity (Wildman–Crippen MR) is 58.2 cm³/mol. The lowest BCUT2D eigenvalue weighted by atomic mass is 9.82. The van der Waals surface area contributed by atoms with Crippen molar-refractivity contribution < 1.29 is 4.79 Å². The van der Waals surface area contributed by atoms with Crippen LogP contribution in [0.5, 0.6) is 0 Å². The fourth-order valence-electron chi connectivity index (χ4n) is 1.66. The number of likely N-dealkylation sites (tertiary alicyclic amines) is 1. The first-order valence-electron chi connectivity index (χ1n) is 5.55. The lowest BCUT2D eigenvalue weighted by molar-refractivity contribution is 0.156. The van der Waals surface area contributed by atoms with E-state index in [9.17, 15) is 4.79 Å². The molecule has 0 saturated carbocycles. The van der Waals surface area contributed by atoms with Crippen LogP contribution in [0.25, 0.3) is 0 Å². The van der Waals surface area contributed by atoms with Gasteiger partial charge in [-0.2, -0.15) is 5.26 Å². The van der Waals surface area contributed by atoms with Crippen molar-refractivity contribution in [2.45, 2.75) is 33.1 Å². The van der Waals surface area contributed by atoms with Gasteiger partial charge in [-0.3, -0.25) is 0 Å². The lowest BCUT2D eigenvalue weighted by Gasteiger charge is -2.34. The van der Waals surface area contributed by atoms with Crippen LogP contribution in [0, 0.1) is 16.7 Å². The van der Waals surface area contributed by atoms with Crippen LogP contribution in [0.4, 0.5) is 4.79 Å². The van der Waals surface area contributed by atoms with Crippen molar-refractivity contribution in [3.05, 3.63) is 0 Å². The van der Waals surface area contributed by atoms with Gasteiger partial charge in [0.05, 0.1) is 11.5 Å². The monoisotopic (exact) mass is 209 g/mol. The highest BCUT2D eigenvalue weighted by Gasteiger charge is 2.31. The zero-order chi connectivity index (χ0) is 11.3. The summed E-state index contributed by atoms with van der Waals surface area (Å²) in [4.78, 5) is 13.4. The molecule has 1 saturated heterocycles. The molecule has 0 spiro atoms. The number of hydrogen-bond donors (Lipinski definition) is 1. The molecule has 0 aliphatic carbocycles. The third kappa shape index (κ3) is 3.12. The Balaban J connectivity index is 2.38. The summed E-state index contributed by atoms with van der Waals surface area (Å²) in [6.45, 7) is 6.11. The number of carbonyl (C=O) groups excluding carboxylic acids is 1.